The summed E-state index contributed by atoms with van der Waals surface area (Å²) in [5.74, 6) is 0.474. The van der Waals surface area contributed by atoms with Crippen LogP contribution >= 0.6 is 0 Å². The maximum absolute atomic E-state index is 12.6. The van der Waals surface area contributed by atoms with Gasteiger partial charge in [0.1, 0.15) is 5.83 Å². The lowest BCUT2D eigenvalue weighted by atomic mass is 9.97. The van der Waals surface area contributed by atoms with E-state index in [0.29, 0.717) is 12.3 Å². The van der Waals surface area contributed by atoms with Crippen LogP contribution in [0.4, 0.5) is 4.39 Å². The molecule has 1 heterocycles. The van der Waals surface area contributed by atoms with E-state index in [2.05, 4.69) is 5.32 Å². The van der Waals surface area contributed by atoms with Gasteiger partial charge in [-0.3, -0.25) is 0 Å². The van der Waals surface area contributed by atoms with Gasteiger partial charge >= 0.3 is 0 Å². The standard InChI is InChI=1S/C8H10FN/c9-7-1-2-8-6(5-7)3-4-10-8/h1-2,6,10H,3-5H2. The van der Waals surface area contributed by atoms with E-state index in [-0.39, 0.29) is 5.83 Å². The third kappa shape index (κ3) is 0.838. The summed E-state index contributed by atoms with van der Waals surface area (Å²) in [5.41, 5.74) is 1.22. The smallest absolute Gasteiger partial charge is 0.101 e. The second-order valence-electron chi connectivity index (χ2n) is 2.85. The summed E-state index contributed by atoms with van der Waals surface area (Å²) < 4.78 is 12.6. The maximum Gasteiger partial charge on any atom is 0.101 e. The molecule has 1 atom stereocenters. The van der Waals surface area contributed by atoms with Crippen molar-refractivity contribution in [2.45, 2.75) is 12.8 Å². The average molecular weight is 139 g/mol. The fourth-order valence-electron chi connectivity index (χ4n) is 1.58. The Morgan fingerprint density at radius 3 is 3.30 bits per heavy atom. The molecule has 1 aliphatic carbocycles. The van der Waals surface area contributed by atoms with Gasteiger partial charge in [0.15, 0.2) is 0 Å². The molecule has 0 spiro atoms. The van der Waals surface area contributed by atoms with Crippen molar-refractivity contribution in [1.82, 2.24) is 5.32 Å². The molecule has 0 radical (unpaired) electrons. The second-order valence-corrected chi connectivity index (χ2v) is 2.85. The predicted octanol–water partition coefficient (Wildman–Crippen LogP) is 1.74. The van der Waals surface area contributed by atoms with Crippen LogP contribution in [0.5, 0.6) is 0 Å². The first-order valence-corrected chi connectivity index (χ1v) is 3.66. The van der Waals surface area contributed by atoms with Crippen molar-refractivity contribution in [3.8, 4) is 0 Å². The van der Waals surface area contributed by atoms with Crippen LogP contribution in [-0.2, 0) is 0 Å². The van der Waals surface area contributed by atoms with Crippen molar-refractivity contribution >= 4 is 0 Å². The van der Waals surface area contributed by atoms with Crippen molar-refractivity contribution in [2.24, 2.45) is 5.92 Å². The normalized spacial score (nSPS) is 30.3. The van der Waals surface area contributed by atoms with E-state index in [0.717, 1.165) is 13.0 Å². The highest BCUT2D eigenvalue weighted by molar-refractivity contribution is 5.24. The molecule has 1 aliphatic heterocycles. The molecule has 0 aromatic carbocycles. The van der Waals surface area contributed by atoms with Gasteiger partial charge in [-0.05, 0) is 18.6 Å². The Bertz CT molecular complexity index is 205. The number of allylic oxidation sites excluding steroid dienone is 4. The lowest BCUT2D eigenvalue weighted by molar-refractivity contribution is 0.507. The molecule has 1 nitrogen and oxygen atoms in total. The van der Waals surface area contributed by atoms with Crippen LogP contribution in [0.25, 0.3) is 0 Å². The van der Waals surface area contributed by atoms with Crippen LogP contribution in [0.3, 0.4) is 0 Å². The number of nitrogens with one attached hydrogen (secondary N) is 1. The summed E-state index contributed by atoms with van der Waals surface area (Å²) >= 11 is 0. The summed E-state index contributed by atoms with van der Waals surface area (Å²) in [7, 11) is 0. The number of hydrogen-bond donors (Lipinski definition) is 1. The quantitative estimate of drug-likeness (QED) is 0.539. The Morgan fingerprint density at radius 2 is 2.40 bits per heavy atom. The van der Waals surface area contributed by atoms with E-state index in [1.165, 1.54) is 5.70 Å². The van der Waals surface area contributed by atoms with E-state index in [9.17, 15) is 4.39 Å². The van der Waals surface area contributed by atoms with Crippen LogP contribution in [-0.4, -0.2) is 6.54 Å². The van der Waals surface area contributed by atoms with Crippen LogP contribution in [0.15, 0.2) is 23.7 Å². The maximum atomic E-state index is 12.6. The van der Waals surface area contributed by atoms with Crippen LogP contribution in [0.2, 0.25) is 0 Å². The van der Waals surface area contributed by atoms with Gasteiger partial charge in [0, 0.05) is 24.6 Å². The average Bonchev–Trinajstić information content (AvgIpc) is 2.33. The summed E-state index contributed by atoms with van der Waals surface area (Å²) in [4.78, 5) is 0. The van der Waals surface area contributed by atoms with E-state index in [1.807, 2.05) is 6.08 Å². The summed E-state index contributed by atoms with van der Waals surface area (Å²) in [6.45, 7) is 1.01. The molecule has 54 valence electrons. The molecule has 10 heavy (non-hydrogen) atoms. The van der Waals surface area contributed by atoms with Crippen LogP contribution in [0.1, 0.15) is 12.8 Å². The molecular weight excluding hydrogens is 129 g/mol. The molecule has 1 saturated heterocycles. The zero-order chi connectivity index (χ0) is 6.97. The molecule has 0 saturated carbocycles. The minimum absolute atomic E-state index is 0.0254. The Labute approximate surface area is 59.6 Å². The first-order valence-electron chi connectivity index (χ1n) is 3.66. The zero-order valence-corrected chi connectivity index (χ0v) is 5.73. The molecule has 0 amide bonds. The highest BCUT2D eigenvalue weighted by Gasteiger charge is 2.23. The van der Waals surface area contributed by atoms with Crippen molar-refractivity contribution < 1.29 is 4.39 Å². The van der Waals surface area contributed by atoms with Gasteiger partial charge in [-0.25, -0.2) is 4.39 Å². The SMILES string of the molecule is FC1=CC=C2NCCC2C1. The van der Waals surface area contributed by atoms with Gasteiger partial charge in [0.25, 0.3) is 0 Å². The number of hydrogen-bond acceptors (Lipinski definition) is 1. The first-order chi connectivity index (χ1) is 4.86. The van der Waals surface area contributed by atoms with Crippen molar-refractivity contribution in [3.05, 3.63) is 23.7 Å². The molecule has 0 aromatic heterocycles. The first kappa shape index (κ1) is 5.96. The molecule has 0 bridgehead atoms. The van der Waals surface area contributed by atoms with Gasteiger partial charge in [0.2, 0.25) is 0 Å². The number of halogens is 1. The Balaban J connectivity index is 2.22. The predicted molar refractivity (Wildman–Crippen MR) is 38.0 cm³/mol. The molecule has 1 N–H and O–H groups in total. The topological polar surface area (TPSA) is 12.0 Å². The molecule has 1 unspecified atom stereocenters. The fourth-order valence-corrected chi connectivity index (χ4v) is 1.58. The number of rotatable bonds is 0. The molecule has 0 aromatic rings. The van der Waals surface area contributed by atoms with E-state index in [1.54, 1.807) is 6.08 Å². The summed E-state index contributed by atoms with van der Waals surface area (Å²) in [5, 5.41) is 3.23. The molecule has 2 rings (SSSR count). The Hall–Kier alpha value is -0.790. The Morgan fingerprint density at radius 1 is 1.50 bits per heavy atom. The van der Waals surface area contributed by atoms with Crippen molar-refractivity contribution in [3.63, 3.8) is 0 Å². The fraction of sp³-hybridized carbons (Fsp3) is 0.500. The summed E-state index contributed by atoms with van der Waals surface area (Å²) in [6.07, 6.45) is 5.12. The molecule has 2 aliphatic rings. The third-order valence-electron chi connectivity index (χ3n) is 2.15. The minimum Gasteiger partial charge on any atom is -0.388 e. The lowest BCUT2D eigenvalue weighted by Crippen LogP contribution is -2.09. The second kappa shape index (κ2) is 2.11. The summed E-state index contributed by atoms with van der Waals surface area (Å²) in [6, 6.07) is 0. The lowest BCUT2D eigenvalue weighted by Gasteiger charge is -2.12. The van der Waals surface area contributed by atoms with Crippen molar-refractivity contribution in [1.29, 1.82) is 0 Å². The highest BCUT2D eigenvalue weighted by atomic mass is 19.1. The van der Waals surface area contributed by atoms with Crippen LogP contribution < -0.4 is 5.32 Å². The largest absolute Gasteiger partial charge is 0.388 e. The number of fused-ring (bicyclic) bond motifs is 1. The van der Waals surface area contributed by atoms with E-state index >= 15 is 0 Å². The zero-order valence-electron chi connectivity index (χ0n) is 5.73. The van der Waals surface area contributed by atoms with E-state index < -0.39 is 0 Å². The van der Waals surface area contributed by atoms with Gasteiger partial charge in [-0.15, -0.1) is 0 Å². The highest BCUT2D eigenvalue weighted by Crippen LogP contribution is 2.30. The minimum atomic E-state index is 0.0254. The Kier molecular flexibility index (Phi) is 1.26. The van der Waals surface area contributed by atoms with Gasteiger partial charge < -0.3 is 5.32 Å². The monoisotopic (exact) mass is 139 g/mol. The molecule has 1 fully saturated rings. The molecule has 2 heteroatoms. The van der Waals surface area contributed by atoms with Gasteiger partial charge in [0.05, 0.1) is 0 Å². The van der Waals surface area contributed by atoms with Gasteiger partial charge in [-0.1, -0.05) is 0 Å². The third-order valence-corrected chi connectivity index (χ3v) is 2.15. The van der Waals surface area contributed by atoms with Crippen molar-refractivity contribution in [2.75, 3.05) is 6.54 Å². The van der Waals surface area contributed by atoms with Gasteiger partial charge in [-0.2, -0.15) is 0 Å². The van der Waals surface area contributed by atoms with E-state index in [4.69, 9.17) is 0 Å². The van der Waals surface area contributed by atoms with Crippen LogP contribution in [0, 0.1) is 5.92 Å². The molecular formula is C8H10FN.